The van der Waals surface area contributed by atoms with Crippen LogP contribution in [0.25, 0.3) is 0 Å². The quantitative estimate of drug-likeness (QED) is 0.886. The second kappa shape index (κ2) is 6.54. The topological polar surface area (TPSA) is 60.2 Å². The number of aliphatic hydroxyl groups excluding tert-OH is 1. The zero-order valence-corrected chi connectivity index (χ0v) is 15.4. The molecule has 3 unspecified atom stereocenters. The van der Waals surface area contributed by atoms with Crippen molar-refractivity contribution in [2.45, 2.75) is 51.9 Å². The second-order valence-electron chi connectivity index (χ2n) is 7.31. The van der Waals surface area contributed by atoms with Crippen molar-refractivity contribution < 1.29 is 9.84 Å². The van der Waals surface area contributed by atoms with Crippen LogP contribution in [-0.4, -0.2) is 32.1 Å². The monoisotopic (exact) mass is 369 g/mol. The molecule has 0 bridgehead atoms. The zero-order valence-electron chi connectivity index (χ0n) is 13.9. The van der Waals surface area contributed by atoms with E-state index in [9.17, 15) is 5.11 Å². The summed E-state index contributed by atoms with van der Waals surface area (Å²) in [7, 11) is 0. The van der Waals surface area contributed by atoms with Gasteiger partial charge in [0.2, 0.25) is 0 Å². The molecule has 0 aliphatic carbocycles. The maximum atomic E-state index is 10.8. The van der Waals surface area contributed by atoms with Gasteiger partial charge in [0.25, 0.3) is 0 Å². The van der Waals surface area contributed by atoms with Gasteiger partial charge in [0.1, 0.15) is 24.5 Å². The van der Waals surface area contributed by atoms with Crippen LogP contribution >= 0.6 is 23.2 Å². The molecule has 2 aromatic rings. The van der Waals surface area contributed by atoms with Crippen LogP contribution in [-0.2, 0) is 6.42 Å². The van der Waals surface area contributed by atoms with Gasteiger partial charge in [-0.15, -0.1) is 0 Å². The Kier molecular flexibility index (Phi) is 4.78. The summed E-state index contributed by atoms with van der Waals surface area (Å²) in [5, 5.41) is 16.1. The minimum absolute atomic E-state index is 0.0952. The highest BCUT2D eigenvalue weighted by Gasteiger charge is 2.36. The molecule has 1 N–H and O–H groups in total. The summed E-state index contributed by atoms with van der Waals surface area (Å²) in [5.41, 5.74) is 0.711. The van der Waals surface area contributed by atoms with E-state index in [1.165, 1.54) is 6.33 Å². The fourth-order valence-electron chi connectivity index (χ4n) is 3.10. The molecule has 3 rings (SSSR count). The third-order valence-electron chi connectivity index (χ3n) is 4.35. The summed E-state index contributed by atoms with van der Waals surface area (Å²) in [6, 6.07) is 3.33. The Morgan fingerprint density at radius 1 is 1.38 bits per heavy atom. The summed E-state index contributed by atoms with van der Waals surface area (Å²) in [6.45, 7) is 6.01. The molecule has 1 aromatic carbocycles. The van der Waals surface area contributed by atoms with Crippen LogP contribution in [0.3, 0.4) is 0 Å². The molecule has 130 valence electrons. The van der Waals surface area contributed by atoms with E-state index in [-0.39, 0.29) is 17.6 Å². The van der Waals surface area contributed by atoms with E-state index in [0.717, 1.165) is 5.56 Å². The SMILES string of the molecule is CC(C)(C)C(O)C(CC1Cc2cc(Cl)cc(Cl)c2O1)n1cncn1. The Bertz CT molecular complexity index is 713. The van der Waals surface area contributed by atoms with Gasteiger partial charge < -0.3 is 9.84 Å². The van der Waals surface area contributed by atoms with Gasteiger partial charge in [0, 0.05) is 23.4 Å². The van der Waals surface area contributed by atoms with Crippen LogP contribution in [0.2, 0.25) is 10.0 Å². The number of aromatic nitrogens is 3. The van der Waals surface area contributed by atoms with Crippen LogP contribution in [0.5, 0.6) is 5.75 Å². The van der Waals surface area contributed by atoms with Crippen molar-refractivity contribution in [3.05, 3.63) is 40.4 Å². The van der Waals surface area contributed by atoms with Crippen molar-refractivity contribution in [3.63, 3.8) is 0 Å². The molecular formula is C17H21Cl2N3O2. The van der Waals surface area contributed by atoms with Crippen molar-refractivity contribution in [1.82, 2.24) is 14.8 Å². The first-order valence-corrected chi connectivity index (χ1v) is 8.68. The van der Waals surface area contributed by atoms with E-state index >= 15 is 0 Å². The van der Waals surface area contributed by atoms with Crippen LogP contribution in [0.15, 0.2) is 24.8 Å². The molecule has 0 saturated carbocycles. The molecule has 1 aromatic heterocycles. The minimum Gasteiger partial charge on any atom is -0.488 e. The third kappa shape index (κ3) is 3.53. The maximum absolute atomic E-state index is 10.8. The summed E-state index contributed by atoms with van der Waals surface area (Å²) in [6.07, 6.45) is 3.73. The number of aliphatic hydroxyl groups is 1. The summed E-state index contributed by atoms with van der Waals surface area (Å²) < 4.78 is 7.73. The van der Waals surface area contributed by atoms with Crippen molar-refractivity contribution in [2.24, 2.45) is 5.41 Å². The molecule has 1 aliphatic rings. The lowest BCUT2D eigenvalue weighted by molar-refractivity contribution is -0.00211. The van der Waals surface area contributed by atoms with E-state index in [0.29, 0.717) is 28.6 Å². The molecule has 0 spiro atoms. The van der Waals surface area contributed by atoms with Crippen molar-refractivity contribution in [2.75, 3.05) is 0 Å². The third-order valence-corrected chi connectivity index (χ3v) is 4.85. The Morgan fingerprint density at radius 3 is 2.75 bits per heavy atom. The Morgan fingerprint density at radius 2 is 2.12 bits per heavy atom. The Hall–Kier alpha value is -1.30. The molecule has 1 aliphatic heterocycles. The minimum atomic E-state index is -0.592. The molecule has 0 fully saturated rings. The molecular weight excluding hydrogens is 349 g/mol. The normalized spacial score (nSPS) is 19.7. The summed E-state index contributed by atoms with van der Waals surface area (Å²) in [5.74, 6) is 0.689. The van der Waals surface area contributed by atoms with Gasteiger partial charge in [0.15, 0.2) is 0 Å². The van der Waals surface area contributed by atoms with Crippen molar-refractivity contribution in [1.29, 1.82) is 0 Å². The van der Waals surface area contributed by atoms with Gasteiger partial charge in [-0.05, 0) is 17.5 Å². The van der Waals surface area contributed by atoms with E-state index in [4.69, 9.17) is 27.9 Å². The smallest absolute Gasteiger partial charge is 0.141 e. The Balaban J connectivity index is 1.81. The van der Waals surface area contributed by atoms with Crippen LogP contribution in [0.4, 0.5) is 0 Å². The van der Waals surface area contributed by atoms with E-state index < -0.39 is 6.10 Å². The largest absolute Gasteiger partial charge is 0.488 e. The number of hydrogen-bond acceptors (Lipinski definition) is 4. The molecule has 0 saturated heterocycles. The highest BCUT2D eigenvalue weighted by Crippen LogP contribution is 2.41. The molecule has 2 heterocycles. The summed E-state index contributed by atoms with van der Waals surface area (Å²) >= 11 is 12.3. The Labute approximate surface area is 151 Å². The van der Waals surface area contributed by atoms with E-state index in [2.05, 4.69) is 10.1 Å². The van der Waals surface area contributed by atoms with Crippen molar-refractivity contribution in [3.8, 4) is 5.75 Å². The molecule has 0 radical (unpaired) electrons. The van der Waals surface area contributed by atoms with E-state index in [1.54, 1.807) is 17.1 Å². The van der Waals surface area contributed by atoms with Gasteiger partial charge in [0.05, 0.1) is 17.2 Å². The lowest BCUT2D eigenvalue weighted by atomic mass is 9.82. The molecule has 0 amide bonds. The average Bonchev–Trinajstić information content (AvgIpc) is 3.11. The fourth-order valence-corrected chi connectivity index (χ4v) is 3.68. The highest BCUT2D eigenvalue weighted by molar-refractivity contribution is 6.35. The molecule has 24 heavy (non-hydrogen) atoms. The average molecular weight is 370 g/mol. The van der Waals surface area contributed by atoms with Gasteiger partial charge in [-0.1, -0.05) is 44.0 Å². The van der Waals surface area contributed by atoms with Gasteiger partial charge in [-0.25, -0.2) is 9.67 Å². The standard InChI is InChI=1S/C17H21Cl2N3O2/c1-17(2,3)16(23)14(22-9-20-8-21-22)7-12-5-10-4-11(18)6-13(19)15(10)24-12/h4,6,8-9,12,14,16,23H,5,7H2,1-3H3. The predicted molar refractivity (Wildman–Crippen MR) is 93.7 cm³/mol. The number of benzene rings is 1. The van der Waals surface area contributed by atoms with E-state index in [1.807, 2.05) is 26.8 Å². The number of fused-ring (bicyclic) bond motifs is 1. The lowest BCUT2D eigenvalue weighted by Crippen LogP contribution is -2.38. The van der Waals surface area contributed by atoms with Crippen LogP contribution in [0.1, 0.15) is 38.8 Å². The predicted octanol–water partition coefficient (Wildman–Crippen LogP) is 3.93. The van der Waals surface area contributed by atoms with Gasteiger partial charge >= 0.3 is 0 Å². The maximum Gasteiger partial charge on any atom is 0.141 e. The molecule has 3 atom stereocenters. The number of rotatable bonds is 4. The first-order chi connectivity index (χ1) is 11.3. The first kappa shape index (κ1) is 17.5. The number of halogens is 2. The highest BCUT2D eigenvalue weighted by atomic mass is 35.5. The van der Waals surface area contributed by atoms with Gasteiger partial charge in [-0.3, -0.25) is 0 Å². The van der Waals surface area contributed by atoms with Crippen LogP contribution in [0, 0.1) is 5.41 Å². The van der Waals surface area contributed by atoms with Gasteiger partial charge in [-0.2, -0.15) is 5.10 Å². The fraction of sp³-hybridized carbons (Fsp3) is 0.529. The lowest BCUT2D eigenvalue weighted by Gasteiger charge is -2.34. The van der Waals surface area contributed by atoms with Crippen molar-refractivity contribution >= 4 is 23.2 Å². The second-order valence-corrected chi connectivity index (χ2v) is 8.15. The summed E-state index contributed by atoms with van der Waals surface area (Å²) in [4.78, 5) is 4.01. The first-order valence-electron chi connectivity index (χ1n) is 7.92. The molecule has 5 nitrogen and oxygen atoms in total. The molecule has 7 heteroatoms. The zero-order chi connectivity index (χ0) is 17.5. The number of nitrogens with zero attached hydrogens (tertiary/aromatic N) is 3. The number of hydrogen-bond donors (Lipinski definition) is 1. The number of ether oxygens (including phenoxy) is 1. The van der Waals surface area contributed by atoms with Crippen LogP contribution < -0.4 is 4.74 Å².